The summed E-state index contributed by atoms with van der Waals surface area (Å²) in [6.45, 7) is 1.87. The minimum atomic E-state index is -1.05. The van der Waals surface area contributed by atoms with Crippen LogP contribution in [0.25, 0.3) is 0 Å². The lowest BCUT2D eigenvalue weighted by atomic mass is 10.1. The largest absolute Gasteiger partial charge is 0.372 e. The zero-order chi connectivity index (χ0) is 16.2. The van der Waals surface area contributed by atoms with E-state index < -0.39 is 5.79 Å². The first kappa shape index (κ1) is 17.1. The molecular formula is C15H21Cl2N5. The lowest BCUT2D eigenvalue weighted by Gasteiger charge is -2.32. The van der Waals surface area contributed by atoms with Gasteiger partial charge in [-0.15, -0.1) is 0 Å². The molecule has 22 heavy (non-hydrogen) atoms. The van der Waals surface area contributed by atoms with E-state index in [4.69, 9.17) is 28.9 Å². The third-order valence-electron chi connectivity index (χ3n) is 3.30. The van der Waals surface area contributed by atoms with Gasteiger partial charge in [0.15, 0.2) is 0 Å². The molecule has 1 heterocycles. The number of allylic oxidation sites excluding steroid dienone is 1. The minimum absolute atomic E-state index is 0.455. The summed E-state index contributed by atoms with van der Waals surface area (Å²) in [7, 11) is 4.11. The molecule has 120 valence electrons. The summed E-state index contributed by atoms with van der Waals surface area (Å²) in [5, 5.41) is 7.46. The second kappa shape index (κ2) is 7.33. The van der Waals surface area contributed by atoms with Crippen LogP contribution >= 0.6 is 23.2 Å². The van der Waals surface area contributed by atoms with Gasteiger partial charge in [-0.2, -0.15) is 0 Å². The molecule has 0 amide bonds. The van der Waals surface area contributed by atoms with Gasteiger partial charge in [-0.05, 0) is 45.3 Å². The van der Waals surface area contributed by atoms with Crippen LogP contribution in [0.4, 0.5) is 0 Å². The minimum Gasteiger partial charge on any atom is -0.372 e. The Morgan fingerprint density at radius 3 is 2.77 bits per heavy atom. The fourth-order valence-corrected chi connectivity index (χ4v) is 2.41. The van der Waals surface area contributed by atoms with Crippen molar-refractivity contribution in [3.8, 4) is 0 Å². The number of hydrogen-bond donors (Lipinski definition) is 3. The molecule has 0 aromatic heterocycles. The van der Waals surface area contributed by atoms with Crippen LogP contribution in [0.15, 0.2) is 35.1 Å². The third kappa shape index (κ3) is 4.36. The number of nitrogens with two attached hydrogens (primary N) is 1. The van der Waals surface area contributed by atoms with Gasteiger partial charge in [0.25, 0.3) is 0 Å². The maximum atomic E-state index is 6.34. The molecule has 5 nitrogen and oxygen atoms in total. The molecule has 0 aliphatic carbocycles. The molecule has 1 aliphatic heterocycles. The predicted molar refractivity (Wildman–Crippen MR) is 93.2 cm³/mol. The molecule has 0 fully saturated rings. The molecule has 1 aromatic rings. The molecule has 0 saturated heterocycles. The van der Waals surface area contributed by atoms with Crippen molar-refractivity contribution in [3.63, 3.8) is 0 Å². The highest BCUT2D eigenvalue weighted by molar-refractivity contribution is 6.42. The molecule has 0 spiro atoms. The zero-order valence-corrected chi connectivity index (χ0v) is 14.2. The van der Waals surface area contributed by atoms with Crippen LogP contribution in [0, 0.1) is 0 Å². The molecule has 0 radical (unpaired) electrons. The van der Waals surface area contributed by atoms with E-state index >= 15 is 0 Å². The molecule has 1 aromatic carbocycles. The number of nitrogens with one attached hydrogen (secondary N) is 2. The number of nitrogens with zero attached hydrogens (tertiary/aromatic N) is 2. The topological polar surface area (TPSA) is 65.7 Å². The number of rotatable bonds is 6. The van der Waals surface area contributed by atoms with Gasteiger partial charge in [0, 0.05) is 18.3 Å². The molecule has 2 rings (SSSR count). The summed E-state index contributed by atoms with van der Waals surface area (Å²) in [6.07, 6.45) is 4.58. The van der Waals surface area contributed by atoms with Crippen LogP contribution in [0.1, 0.15) is 12.0 Å². The highest BCUT2D eigenvalue weighted by atomic mass is 35.5. The summed E-state index contributed by atoms with van der Waals surface area (Å²) in [6, 6.07) is 5.25. The Balaban J connectivity index is 2.00. The predicted octanol–water partition coefficient (Wildman–Crippen LogP) is 2.12. The van der Waals surface area contributed by atoms with Crippen molar-refractivity contribution in [3.05, 3.63) is 45.7 Å². The van der Waals surface area contributed by atoms with Crippen molar-refractivity contribution in [2.45, 2.75) is 12.2 Å². The summed E-state index contributed by atoms with van der Waals surface area (Å²) in [5.74, 6) is -0.213. The highest BCUT2D eigenvalue weighted by Gasteiger charge is 2.28. The maximum absolute atomic E-state index is 6.34. The fourth-order valence-electron chi connectivity index (χ4n) is 2.11. The number of benzene rings is 1. The van der Waals surface area contributed by atoms with E-state index in [9.17, 15) is 0 Å². The Labute approximate surface area is 141 Å². The molecule has 0 saturated carbocycles. The Morgan fingerprint density at radius 2 is 2.09 bits per heavy atom. The monoisotopic (exact) mass is 341 g/mol. The van der Waals surface area contributed by atoms with Crippen molar-refractivity contribution in [2.24, 2.45) is 10.7 Å². The Hall–Kier alpha value is -1.27. The summed E-state index contributed by atoms with van der Waals surface area (Å²) < 4.78 is 0. The molecule has 1 aliphatic rings. The van der Waals surface area contributed by atoms with Crippen LogP contribution in [0.3, 0.4) is 0 Å². The van der Waals surface area contributed by atoms with E-state index in [1.54, 1.807) is 18.3 Å². The number of hydrogen-bond acceptors (Lipinski definition) is 5. The molecule has 1 atom stereocenters. The first-order chi connectivity index (χ1) is 10.4. The van der Waals surface area contributed by atoms with Gasteiger partial charge in [0.2, 0.25) is 5.79 Å². The fraction of sp³-hybridized carbons (Fsp3) is 0.400. The molecule has 0 bridgehead atoms. The van der Waals surface area contributed by atoms with Crippen LogP contribution in [-0.4, -0.2) is 38.3 Å². The van der Waals surface area contributed by atoms with Gasteiger partial charge in [-0.25, -0.2) is 4.99 Å². The van der Waals surface area contributed by atoms with Gasteiger partial charge in [0.05, 0.1) is 10.0 Å². The van der Waals surface area contributed by atoms with Crippen LogP contribution in [0.5, 0.6) is 0 Å². The molecule has 1 unspecified atom stereocenters. The van der Waals surface area contributed by atoms with Crippen molar-refractivity contribution in [2.75, 3.05) is 27.2 Å². The van der Waals surface area contributed by atoms with E-state index in [1.807, 2.05) is 12.1 Å². The quantitative estimate of drug-likeness (QED) is 0.693. The maximum Gasteiger partial charge on any atom is 0.210 e. The lowest BCUT2D eigenvalue weighted by molar-refractivity contribution is 0.371. The smallest absolute Gasteiger partial charge is 0.210 e. The number of aliphatic imine (C=N–C) groups is 1. The Bertz CT molecular complexity index is 585. The molecular weight excluding hydrogens is 321 g/mol. The van der Waals surface area contributed by atoms with Crippen LogP contribution < -0.4 is 16.4 Å². The van der Waals surface area contributed by atoms with Crippen molar-refractivity contribution < 1.29 is 0 Å². The lowest BCUT2D eigenvalue weighted by Crippen LogP contribution is -2.52. The zero-order valence-electron chi connectivity index (χ0n) is 12.7. The first-order valence-corrected chi connectivity index (χ1v) is 7.83. The van der Waals surface area contributed by atoms with Gasteiger partial charge in [-0.3, -0.25) is 5.73 Å². The van der Waals surface area contributed by atoms with Crippen molar-refractivity contribution in [1.29, 1.82) is 0 Å². The average Bonchev–Trinajstić information content (AvgIpc) is 2.46. The van der Waals surface area contributed by atoms with Gasteiger partial charge < -0.3 is 15.5 Å². The van der Waals surface area contributed by atoms with Gasteiger partial charge >= 0.3 is 0 Å². The average molecular weight is 342 g/mol. The second-order valence-electron chi connectivity index (χ2n) is 5.46. The van der Waals surface area contributed by atoms with E-state index in [1.165, 1.54) is 0 Å². The standard InChI is InChI=1S/C15H21Cl2N5/c1-22(2)9-3-7-19-14-6-8-20-15(18,21-14)11-4-5-12(16)13(17)10-11/h4-6,8,10,19,21H,3,7,9,18H2,1-2H3. The van der Waals surface area contributed by atoms with Gasteiger partial charge in [0.1, 0.15) is 5.82 Å². The van der Waals surface area contributed by atoms with Crippen molar-refractivity contribution >= 4 is 29.4 Å². The number of halogens is 2. The Morgan fingerprint density at radius 1 is 1.32 bits per heavy atom. The Kier molecular flexibility index (Phi) is 5.69. The summed E-state index contributed by atoms with van der Waals surface area (Å²) in [4.78, 5) is 6.47. The normalized spacial score (nSPS) is 20.7. The third-order valence-corrected chi connectivity index (χ3v) is 4.04. The highest BCUT2D eigenvalue weighted by Crippen LogP contribution is 2.28. The summed E-state index contributed by atoms with van der Waals surface area (Å²) in [5.41, 5.74) is 7.09. The molecule has 4 N–H and O–H groups in total. The first-order valence-electron chi connectivity index (χ1n) is 7.07. The van der Waals surface area contributed by atoms with Crippen molar-refractivity contribution in [1.82, 2.24) is 15.5 Å². The van der Waals surface area contributed by atoms with Crippen LogP contribution in [0.2, 0.25) is 10.0 Å². The van der Waals surface area contributed by atoms with Crippen LogP contribution in [-0.2, 0) is 5.79 Å². The second-order valence-corrected chi connectivity index (χ2v) is 6.28. The molecule has 7 heteroatoms. The van der Waals surface area contributed by atoms with E-state index in [0.29, 0.717) is 10.0 Å². The SMILES string of the molecule is CN(C)CCCNC1=CC=NC(N)(c2ccc(Cl)c(Cl)c2)N1. The summed E-state index contributed by atoms with van der Waals surface area (Å²) >= 11 is 12.0. The van der Waals surface area contributed by atoms with Gasteiger partial charge in [-0.1, -0.05) is 29.3 Å². The van der Waals surface area contributed by atoms with E-state index in [0.717, 1.165) is 30.9 Å². The van der Waals surface area contributed by atoms with E-state index in [2.05, 4.69) is 34.6 Å². The van der Waals surface area contributed by atoms with E-state index in [-0.39, 0.29) is 0 Å².